The summed E-state index contributed by atoms with van der Waals surface area (Å²) < 4.78 is 19.3. The highest BCUT2D eigenvalue weighted by atomic mass is 19.1. The number of piperidine rings is 1. The van der Waals surface area contributed by atoms with Gasteiger partial charge in [-0.25, -0.2) is 4.39 Å². The van der Waals surface area contributed by atoms with E-state index in [1.165, 1.54) is 6.07 Å². The zero-order valence-electron chi connectivity index (χ0n) is 13.7. The molecule has 0 radical (unpaired) electrons. The quantitative estimate of drug-likeness (QED) is 0.800. The van der Waals surface area contributed by atoms with Crippen molar-refractivity contribution in [3.8, 4) is 0 Å². The molecule has 2 saturated heterocycles. The van der Waals surface area contributed by atoms with Gasteiger partial charge in [0.15, 0.2) is 0 Å². The molecule has 2 aliphatic rings. The number of amides is 1. The average Bonchev–Trinajstić information content (AvgIpc) is 2.90. The number of halogens is 1. The molecule has 2 heterocycles. The first-order valence-electron chi connectivity index (χ1n) is 8.28. The van der Waals surface area contributed by atoms with E-state index in [-0.39, 0.29) is 23.2 Å². The molecule has 124 valence electrons. The third kappa shape index (κ3) is 3.63. The number of ether oxygens (including phenoxy) is 1. The summed E-state index contributed by atoms with van der Waals surface area (Å²) in [5.41, 5.74) is 1.78. The molecule has 4 heteroatoms. The molecule has 0 bridgehead atoms. The molecule has 1 unspecified atom stereocenters. The van der Waals surface area contributed by atoms with E-state index in [4.69, 9.17) is 4.74 Å². The van der Waals surface area contributed by atoms with Gasteiger partial charge in [-0.3, -0.25) is 4.79 Å². The molecule has 23 heavy (non-hydrogen) atoms. The van der Waals surface area contributed by atoms with Gasteiger partial charge < -0.3 is 9.64 Å². The van der Waals surface area contributed by atoms with Gasteiger partial charge in [-0.1, -0.05) is 18.7 Å². The average molecular weight is 317 g/mol. The monoisotopic (exact) mass is 317 g/mol. The Balaban J connectivity index is 1.56. The highest BCUT2D eigenvalue weighted by Gasteiger charge is 2.42. The van der Waals surface area contributed by atoms with E-state index >= 15 is 0 Å². The second-order valence-electron chi connectivity index (χ2n) is 7.04. The van der Waals surface area contributed by atoms with Gasteiger partial charge in [0.25, 0.3) is 0 Å². The number of hydrogen-bond donors (Lipinski definition) is 0. The van der Waals surface area contributed by atoms with Crippen LogP contribution < -0.4 is 0 Å². The molecule has 0 N–H and O–H groups in total. The smallest absolute Gasteiger partial charge is 0.248 e. The van der Waals surface area contributed by atoms with Crippen molar-refractivity contribution in [1.29, 1.82) is 0 Å². The van der Waals surface area contributed by atoms with Crippen molar-refractivity contribution in [3.63, 3.8) is 0 Å². The summed E-state index contributed by atoms with van der Waals surface area (Å²) >= 11 is 0. The summed E-state index contributed by atoms with van der Waals surface area (Å²) in [6.45, 7) is 7.81. The van der Waals surface area contributed by atoms with Crippen LogP contribution in [0.2, 0.25) is 0 Å². The molecular weight excluding hydrogens is 293 g/mol. The number of carbonyl (C=O) groups is 1. The predicted octanol–water partition coefficient (Wildman–Crippen LogP) is 3.34. The van der Waals surface area contributed by atoms with Crippen LogP contribution in [0.3, 0.4) is 0 Å². The predicted molar refractivity (Wildman–Crippen MR) is 87.5 cm³/mol. The molecule has 1 aromatic rings. The van der Waals surface area contributed by atoms with E-state index in [1.807, 2.05) is 11.0 Å². The number of likely N-dealkylation sites (tertiary alicyclic amines) is 1. The Bertz CT molecular complexity index is 605. The zero-order valence-corrected chi connectivity index (χ0v) is 13.7. The minimum Gasteiger partial charge on any atom is -0.377 e. The maximum atomic E-state index is 13.3. The van der Waals surface area contributed by atoms with Crippen molar-refractivity contribution >= 4 is 5.91 Å². The third-order valence-corrected chi connectivity index (χ3v) is 5.11. The van der Waals surface area contributed by atoms with Gasteiger partial charge in [-0.15, -0.1) is 0 Å². The van der Waals surface area contributed by atoms with Crippen molar-refractivity contribution in [3.05, 3.63) is 47.8 Å². The first-order chi connectivity index (χ1) is 11.0. The van der Waals surface area contributed by atoms with Crippen LogP contribution >= 0.6 is 0 Å². The highest BCUT2D eigenvalue weighted by molar-refractivity contribution is 5.92. The van der Waals surface area contributed by atoms with Crippen molar-refractivity contribution in [2.75, 3.05) is 19.7 Å². The summed E-state index contributed by atoms with van der Waals surface area (Å²) in [6, 6.07) is 6.75. The minimum atomic E-state index is -0.193. The Kier molecular flexibility index (Phi) is 4.53. The first-order valence-corrected chi connectivity index (χ1v) is 8.28. The molecule has 1 aromatic carbocycles. The fourth-order valence-corrected chi connectivity index (χ4v) is 3.76. The Labute approximate surface area is 137 Å². The summed E-state index contributed by atoms with van der Waals surface area (Å²) in [5.74, 6) is -0.128. The molecular formula is C19H24FNO2. The van der Waals surface area contributed by atoms with E-state index in [0.717, 1.165) is 50.9 Å². The summed E-state index contributed by atoms with van der Waals surface area (Å²) in [5, 5.41) is 0. The normalized spacial score (nSPS) is 23.2. The van der Waals surface area contributed by atoms with Crippen LogP contribution in [0.5, 0.6) is 0 Å². The largest absolute Gasteiger partial charge is 0.377 e. The number of nitrogens with zero attached hydrogens (tertiary/aromatic N) is 1. The Morgan fingerprint density at radius 2 is 2.17 bits per heavy atom. The van der Waals surface area contributed by atoms with Gasteiger partial charge in [-0.2, -0.15) is 0 Å². The van der Waals surface area contributed by atoms with Gasteiger partial charge in [0.2, 0.25) is 5.91 Å². The Morgan fingerprint density at radius 1 is 1.43 bits per heavy atom. The van der Waals surface area contributed by atoms with Crippen LogP contribution in [0.1, 0.15) is 31.7 Å². The molecule has 3 nitrogen and oxygen atoms in total. The standard InChI is InChI=1S/C19H24FNO2/c1-14(2)18(22)21-8-6-19(7-9-21)12-17(23-13-19)11-15-4-3-5-16(20)10-15/h3-5,10,17H,1,6-9,11-13H2,2H3. The van der Waals surface area contributed by atoms with Crippen LogP contribution in [0.4, 0.5) is 4.39 Å². The van der Waals surface area contributed by atoms with Crippen LogP contribution in [0.15, 0.2) is 36.4 Å². The summed E-state index contributed by atoms with van der Waals surface area (Å²) in [4.78, 5) is 13.9. The SMILES string of the molecule is C=C(C)C(=O)N1CCC2(CC1)COC(Cc1cccc(F)c1)C2. The Morgan fingerprint density at radius 3 is 2.83 bits per heavy atom. The molecule has 0 aromatic heterocycles. The summed E-state index contributed by atoms with van der Waals surface area (Å²) in [7, 11) is 0. The molecule has 2 aliphatic heterocycles. The molecule has 0 aliphatic carbocycles. The van der Waals surface area contributed by atoms with Gasteiger partial charge in [-0.05, 0) is 55.7 Å². The van der Waals surface area contributed by atoms with Gasteiger partial charge in [0.1, 0.15) is 5.82 Å². The number of benzene rings is 1. The molecule has 1 spiro atoms. The van der Waals surface area contributed by atoms with E-state index in [2.05, 4.69) is 6.58 Å². The number of hydrogen-bond acceptors (Lipinski definition) is 2. The van der Waals surface area contributed by atoms with Gasteiger partial charge >= 0.3 is 0 Å². The molecule has 1 amide bonds. The van der Waals surface area contributed by atoms with Crippen LogP contribution in [0, 0.1) is 11.2 Å². The molecule has 0 saturated carbocycles. The molecule has 2 fully saturated rings. The second-order valence-corrected chi connectivity index (χ2v) is 7.04. The van der Waals surface area contributed by atoms with E-state index < -0.39 is 0 Å². The molecule has 1 atom stereocenters. The van der Waals surface area contributed by atoms with Crippen molar-refractivity contribution in [2.24, 2.45) is 5.41 Å². The van der Waals surface area contributed by atoms with Crippen LogP contribution in [-0.2, 0) is 16.0 Å². The lowest BCUT2D eigenvalue weighted by Gasteiger charge is -2.38. The third-order valence-electron chi connectivity index (χ3n) is 5.11. The lowest BCUT2D eigenvalue weighted by molar-refractivity contribution is -0.129. The maximum absolute atomic E-state index is 13.3. The van der Waals surface area contributed by atoms with Crippen molar-refractivity contribution in [2.45, 2.75) is 38.7 Å². The van der Waals surface area contributed by atoms with Crippen LogP contribution in [-0.4, -0.2) is 36.6 Å². The summed E-state index contributed by atoms with van der Waals surface area (Å²) in [6.07, 6.45) is 3.87. The Hall–Kier alpha value is -1.68. The first kappa shape index (κ1) is 16.2. The van der Waals surface area contributed by atoms with E-state index in [0.29, 0.717) is 5.57 Å². The van der Waals surface area contributed by atoms with Crippen molar-refractivity contribution in [1.82, 2.24) is 4.90 Å². The van der Waals surface area contributed by atoms with E-state index in [1.54, 1.807) is 19.1 Å². The molecule has 3 rings (SSSR count). The zero-order chi connectivity index (χ0) is 16.4. The van der Waals surface area contributed by atoms with Crippen molar-refractivity contribution < 1.29 is 13.9 Å². The fraction of sp³-hybridized carbons (Fsp3) is 0.526. The fourth-order valence-electron chi connectivity index (χ4n) is 3.76. The second kappa shape index (κ2) is 6.44. The number of rotatable bonds is 3. The van der Waals surface area contributed by atoms with E-state index in [9.17, 15) is 9.18 Å². The highest BCUT2D eigenvalue weighted by Crippen LogP contribution is 2.42. The maximum Gasteiger partial charge on any atom is 0.248 e. The lowest BCUT2D eigenvalue weighted by Crippen LogP contribution is -2.43. The van der Waals surface area contributed by atoms with Gasteiger partial charge in [0, 0.05) is 18.7 Å². The number of carbonyl (C=O) groups excluding carboxylic acids is 1. The lowest BCUT2D eigenvalue weighted by atomic mass is 9.76. The minimum absolute atomic E-state index is 0.0649. The topological polar surface area (TPSA) is 29.5 Å². The van der Waals surface area contributed by atoms with Gasteiger partial charge in [0.05, 0.1) is 12.7 Å². The van der Waals surface area contributed by atoms with Crippen LogP contribution in [0.25, 0.3) is 0 Å².